The lowest BCUT2D eigenvalue weighted by atomic mass is 9.99. The zero-order chi connectivity index (χ0) is 15.7. The molecule has 22 heavy (non-hydrogen) atoms. The quantitative estimate of drug-likeness (QED) is 0.751. The molecule has 5 nitrogen and oxygen atoms in total. The Morgan fingerprint density at radius 3 is 2.59 bits per heavy atom. The summed E-state index contributed by atoms with van der Waals surface area (Å²) in [6.45, 7) is 2.37. The van der Waals surface area contributed by atoms with Crippen LogP contribution in [-0.4, -0.2) is 27.1 Å². The van der Waals surface area contributed by atoms with Gasteiger partial charge in [0.1, 0.15) is 5.69 Å². The SMILES string of the molecule is Cc1cc(C=O)nn1Cc1ccc(C(=O)O)c2ccccc12. The van der Waals surface area contributed by atoms with Gasteiger partial charge in [-0.25, -0.2) is 4.79 Å². The number of aryl methyl sites for hydroxylation is 1. The molecule has 0 aliphatic carbocycles. The lowest BCUT2D eigenvalue weighted by molar-refractivity contribution is 0.0699. The van der Waals surface area contributed by atoms with Crippen LogP contribution in [0.3, 0.4) is 0 Å². The predicted octanol–water partition coefficient (Wildman–Crippen LogP) is 2.90. The van der Waals surface area contributed by atoms with Gasteiger partial charge in [0.15, 0.2) is 6.29 Å². The molecule has 0 radical (unpaired) electrons. The van der Waals surface area contributed by atoms with Crippen LogP contribution in [0.4, 0.5) is 0 Å². The maximum atomic E-state index is 11.3. The van der Waals surface area contributed by atoms with Gasteiger partial charge in [0.2, 0.25) is 0 Å². The van der Waals surface area contributed by atoms with E-state index in [1.807, 2.05) is 25.1 Å². The van der Waals surface area contributed by atoms with Crippen molar-refractivity contribution in [2.45, 2.75) is 13.5 Å². The number of rotatable bonds is 4. The Morgan fingerprint density at radius 2 is 1.95 bits per heavy atom. The first-order valence-electron chi connectivity index (χ1n) is 6.83. The van der Waals surface area contributed by atoms with Gasteiger partial charge >= 0.3 is 5.97 Å². The zero-order valence-corrected chi connectivity index (χ0v) is 12.0. The molecule has 3 aromatic rings. The number of aromatic nitrogens is 2. The monoisotopic (exact) mass is 294 g/mol. The molecule has 1 aromatic heterocycles. The van der Waals surface area contributed by atoms with Gasteiger partial charge < -0.3 is 5.11 Å². The third-order valence-corrected chi connectivity index (χ3v) is 3.69. The molecule has 0 unspecified atom stereocenters. The predicted molar refractivity (Wildman–Crippen MR) is 82.4 cm³/mol. The summed E-state index contributed by atoms with van der Waals surface area (Å²) in [6.07, 6.45) is 0.717. The molecule has 2 aromatic carbocycles. The van der Waals surface area contributed by atoms with Crippen LogP contribution >= 0.6 is 0 Å². The Balaban J connectivity index is 2.11. The molecule has 0 fully saturated rings. The Labute approximate surface area is 126 Å². The van der Waals surface area contributed by atoms with Gasteiger partial charge in [-0.2, -0.15) is 5.10 Å². The molecule has 110 valence electrons. The second kappa shape index (κ2) is 5.44. The molecular formula is C17H14N2O3. The molecule has 0 spiro atoms. The fourth-order valence-electron chi connectivity index (χ4n) is 2.60. The van der Waals surface area contributed by atoms with Gasteiger partial charge in [-0.3, -0.25) is 9.48 Å². The van der Waals surface area contributed by atoms with Crippen LogP contribution < -0.4 is 0 Å². The van der Waals surface area contributed by atoms with Crippen LogP contribution in [0.1, 0.15) is 32.1 Å². The number of carboxylic acids is 1. The summed E-state index contributed by atoms with van der Waals surface area (Å²) < 4.78 is 1.74. The van der Waals surface area contributed by atoms with Crippen molar-refractivity contribution >= 4 is 23.0 Å². The van der Waals surface area contributed by atoms with Crippen LogP contribution in [0.25, 0.3) is 10.8 Å². The van der Waals surface area contributed by atoms with Gasteiger partial charge in [0.25, 0.3) is 0 Å². The maximum Gasteiger partial charge on any atom is 0.336 e. The first kappa shape index (κ1) is 14.0. The largest absolute Gasteiger partial charge is 0.478 e. The number of aldehydes is 1. The van der Waals surface area contributed by atoms with E-state index in [9.17, 15) is 14.7 Å². The highest BCUT2D eigenvalue weighted by molar-refractivity contribution is 6.04. The van der Waals surface area contributed by atoms with E-state index < -0.39 is 5.97 Å². The minimum Gasteiger partial charge on any atom is -0.478 e. The summed E-state index contributed by atoms with van der Waals surface area (Å²) in [6, 6.07) is 12.5. The number of hydrogen-bond acceptors (Lipinski definition) is 3. The molecule has 0 bridgehead atoms. The second-order valence-electron chi connectivity index (χ2n) is 5.11. The molecule has 3 rings (SSSR count). The van der Waals surface area contributed by atoms with Crippen molar-refractivity contribution in [3.05, 3.63) is 65.0 Å². The summed E-state index contributed by atoms with van der Waals surface area (Å²) in [5.41, 5.74) is 2.52. The molecule has 0 amide bonds. The summed E-state index contributed by atoms with van der Waals surface area (Å²) in [5, 5.41) is 15.1. The van der Waals surface area contributed by atoms with E-state index in [2.05, 4.69) is 5.10 Å². The van der Waals surface area contributed by atoms with Gasteiger partial charge in [-0.1, -0.05) is 30.3 Å². The van der Waals surface area contributed by atoms with Crippen molar-refractivity contribution in [3.63, 3.8) is 0 Å². The van der Waals surface area contributed by atoms with Crippen molar-refractivity contribution in [2.24, 2.45) is 0 Å². The fraction of sp³-hybridized carbons (Fsp3) is 0.118. The molecule has 0 saturated heterocycles. The van der Waals surface area contributed by atoms with E-state index in [-0.39, 0.29) is 5.56 Å². The summed E-state index contributed by atoms with van der Waals surface area (Å²) >= 11 is 0. The minimum atomic E-state index is -0.943. The molecule has 0 saturated carbocycles. The number of carboxylic acid groups (broad SMARTS) is 1. The number of hydrogen-bond donors (Lipinski definition) is 1. The van der Waals surface area contributed by atoms with Crippen molar-refractivity contribution in [2.75, 3.05) is 0 Å². The van der Waals surface area contributed by atoms with Crippen LogP contribution in [0.2, 0.25) is 0 Å². The van der Waals surface area contributed by atoms with Crippen molar-refractivity contribution in [1.82, 2.24) is 9.78 Å². The molecule has 0 atom stereocenters. The Kier molecular flexibility index (Phi) is 3.47. The third-order valence-electron chi connectivity index (χ3n) is 3.69. The normalized spacial score (nSPS) is 10.8. The lowest BCUT2D eigenvalue weighted by Gasteiger charge is -2.10. The van der Waals surface area contributed by atoms with Gasteiger partial charge in [0.05, 0.1) is 12.1 Å². The number of benzene rings is 2. The Bertz CT molecular complexity index is 881. The highest BCUT2D eigenvalue weighted by Crippen LogP contribution is 2.24. The highest BCUT2D eigenvalue weighted by Gasteiger charge is 2.12. The van der Waals surface area contributed by atoms with E-state index in [1.54, 1.807) is 28.9 Å². The van der Waals surface area contributed by atoms with Gasteiger partial charge in [-0.15, -0.1) is 0 Å². The van der Waals surface area contributed by atoms with Crippen LogP contribution in [0.15, 0.2) is 42.5 Å². The van der Waals surface area contributed by atoms with Crippen LogP contribution in [-0.2, 0) is 6.54 Å². The topological polar surface area (TPSA) is 72.2 Å². The molecule has 0 aliphatic rings. The van der Waals surface area contributed by atoms with Crippen LogP contribution in [0, 0.1) is 6.92 Å². The molecule has 1 heterocycles. The van der Waals surface area contributed by atoms with E-state index in [1.165, 1.54) is 0 Å². The number of aromatic carboxylic acids is 1. The van der Waals surface area contributed by atoms with Crippen molar-refractivity contribution in [1.29, 1.82) is 0 Å². The Hall–Kier alpha value is -2.95. The molecule has 1 N–H and O–H groups in total. The smallest absolute Gasteiger partial charge is 0.336 e. The Morgan fingerprint density at radius 1 is 1.23 bits per heavy atom. The number of carbonyl (C=O) groups is 2. The second-order valence-corrected chi connectivity index (χ2v) is 5.11. The number of fused-ring (bicyclic) bond motifs is 1. The first-order valence-corrected chi connectivity index (χ1v) is 6.83. The van der Waals surface area contributed by atoms with Crippen molar-refractivity contribution in [3.8, 4) is 0 Å². The van der Waals surface area contributed by atoms with Gasteiger partial charge in [0, 0.05) is 5.69 Å². The minimum absolute atomic E-state index is 0.283. The average molecular weight is 294 g/mol. The number of nitrogens with zero attached hydrogens (tertiary/aromatic N) is 2. The molecule has 5 heteroatoms. The van der Waals surface area contributed by atoms with Crippen molar-refractivity contribution < 1.29 is 14.7 Å². The number of carbonyl (C=O) groups excluding carboxylic acids is 1. The molecular weight excluding hydrogens is 280 g/mol. The first-order chi connectivity index (χ1) is 10.6. The van der Waals surface area contributed by atoms with E-state index in [0.29, 0.717) is 17.6 Å². The van der Waals surface area contributed by atoms with Crippen LogP contribution in [0.5, 0.6) is 0 Å². The maximum absolute atomic E-state index is 11.3. The standard InChI is InChI=1S/C17H14N2O3/c1-11-8-13(10-20)18-19(11)9-12-6-7-16(17(21)22)15-5-3-2-4-14(12)15/h2-8,10H,9H2,1H3,(H,21,22). The van der Waals surface area contributed by atoms with E-state index in [4.69, 9.17) is 0 Å². The highest BCUT2D eigenvalue weighted by atomic mass is 16.4. The summed E-state index contributed by atoms with van der Waals surface area (Å²) in [4.78, 5) is 22.1. The summed E-state index contributed by atoms with van der Waals surface area (Å²) in [5.74, 6) is -0.943. The molecule has 0 aliphatic heterocycles. The zero-order valence-electron chi connectivity index (χ0n) is 12.0. The van der Waals surface area contributed by atoms with Gasteiger partial charge in [-0.05, 0) is 35.4 Å². The van der Waals surface area contributed by atoms with E-state index in [0.717, 1.165) is 22.9 Å². The fourth-order valence-corrected chi connectivity index (χ4v) is 2.60. The third kappa shape index (κ3) is 2.37. The van der Waals surface area contributed by atoms with E-state index >= 15 is 0 Å². The lowest BCUT2D eigenvalue weighted by Crippen LogP contribution is -2.06. The average Bonchev–Trinajstić information content (AvgIpc) is 2.87. The summed E-state index contributed by atoms with van der Waals surface area (Å²) in [7, 11) is 0.